The normalized spacial score (nSPS) is 12.2. The first-order valence-electron chi connectivity index (χ1n) is 2.47. The van der Waals surface area contributed by atoms with Crippen LogP contribution in [0.5, 0.6) is 0 Å². The Kier molecular flexibility index (Phi) is 2.90. The number of rotatable bonds is 2. The number of aliphatic carboxylic acids is 1. The lowest BCUT2D eigenvalue weighted by Crippen LogP contribution is -2.28. The van der Waals surface area contributed by atoms with E-state index in [2.05, 4.69) is 0 Å². The van der Waals surface area contributed by atoms with Crippen LogP contribution in [0.15, 0.2) is 11.6 Å². The van der Waals surface area contributed by atoms with Crippen molar-refractivity contribution < 1.29 is 9.90 Å². The van der Waals surface area contributed by atoms with Crippen LogP contribution in [-0.4, -0.2) is 17.2 Å². The van der Waals surface area contributed by atoms with Gasteiger partial charge in [0.2, 0.25) is 0 Å². The van der Waals surface area contributed by atoms with Crippen molar-refractivity contribution >= 4 is 5.97 Å². The fraction of sp³-hybridized carbons (Fsp3) is 0.400. The third-order valence-corrected chi connectivity index (χ3v) is 0.780. The van der Waals surface area contributed by atoms with E-state index in [9.17, 15) is 4.79 Å². The van der Waals surface area contributed by atoms with Crippen LogP contribution in [0.2, 0.25) is 0 Å². The summed E-state index contributed by atoms with van der Waals surface area (Å²) in [4.78, 5) is 10.1. The molecular weight excluding hydrogens is 120 g/mol. The molecule has 0 aliphatic heterocycles. The number of nitrogens with two attached hydrogens (primary N) is 2. The highest BCUT2D eigenvalue weighted by atomic mass is 16.4. The van der Waals surface area contributed by atoms with E-state index in [1.807, 2.05) is 0 Å². The molecule has 0 aromatic heterocycles. The summed E-state index contributed by atoms with van der Waals surface area (Å²) in [5, 5.41) is 8.25. The van der Waals surface area contributed by atoms with Crippen molar-refractivity contribution in [2.24, 2.45) is 11.5 Å². The van der Waals surface area contributed by atoms with Crippen LogP contribution in [0.4, 0.5) is 0 Å². The Balaban J connectivity index is 4.00. The smallest absolute Gasteiger partial charge is 0.331 e. The SMILES string of the molecule is C/C(=C\C(N)N)C(=O)O. The maximum Gasteiger partial charge on any atom is 0.331 e. The Bertz CT molecular complexity index is 140. The molecular formula is C5H10N2O2. The van der Waals surface area contributed by atoms with Crippen LogP contribution in [0.25, 0.3) is 0 Å². The molecule has 0 aromatic rings. The van der Waals surface area contributed by atoms with Crippen molar-refractivity contribution in [3.63, 3.8) is 0 Å². The summed E-state index contributed by atoms with van der Waals surface area (Å²) in [7, 11) is 0. The summed E-state index contributed by atoms with van der Waals surface area (Å²) < 4.78 is 0. The lowest BCUT2D eigenvalue weighted by Gasteiger charge is -1.96. The minimum absolute atomic E-state index is 0.171. The Morgan fingerprint density at radius 2 is 2.11 bits per heavy atom. The topological polar surface area (TPSA) is 89.3 Å². The maximum atomic E-state index is 10.1. The molecule has 52 valence electrons. The fourth-order valence-electron chi connectivity index (χ4n) is 0.360. The van der Waals surface area contributed by atoms with E-state index in [-0.39, 0.29) is 5.57 Å². The van der Waals surface area contributed by atoms with Crippen LogP contribution < -0.4 is 11.5 Å². The number of carboxylic acid groups (broad SMARTS) is 1. The second-order valence-electron chi connectivity index (χ2n) is 1.73. The molecule has 0 atom stereocenters. The van der Waals surface area contributed by atoms with Gasteiger partial charge in [-0.2, -0.15) is 0 Å². The van der Waals surface area contributed by atoms with E-state index in [1.165, 1.54) is 13.0 Å². The molecule has 0 spiro atoms. The average Bonchev–Trinajstić information content (AvgIpc) is 1.63. The van der Waals surface area contributed by atoms with Gasteiger partial charge in [-0.15, -0.1) is 0 Å². The number of hydrogen-bond donors (Lipinski definition) is 3. The molecule has 9 heavy (non-hydrogen) atoms. The zero-order valence-corrected chi connectivity index (χ0v) is 5.16. The lowest BCUT2D eigenvalue weighted by molar-refractivity contribution is -0.132. The van der Waals surface area contributed by atoms with Gasteiger partial charge >= 0.3 is 5.97 Å². The van der Waals surface area contributed by atoms with Crippen LogP contribution in [0.3, 0.4) is 0 Å². The van der Waals surface area contributed by atoms with Crippen molar-refractivity contribution in [2.75, 3.05) is 0 Å². The third kappa shape index (κ3) is 3.69. The highest BCUT2D eigenvalue weighted by Crippen LogP contribution is 1.90. The van der Waals surface area contributed by atoms with Gasteiger partial charge in [-0.05, 0) is 13.0 Å². The molecule has 5 N–H and O–H groups in total. The van der Waals surface area contributed by atoms with Crippen molar-refractivity contribution in [2.45, 2.75) is 13.1 Å². The minimum Gasteiger partial charge on any atom is -0.478 e. The molecule has 0 bridgehead atoms. The van der Waals surface area contributed by atoms with Gasteiger partial charge in [0.1, 0.15) is 0 Å². The largest absolute Gasteiger partial charge is 0.478 e. The van der Waals surface area contributed by atoms with Crippen molar-refractivity contribution in [1.82, 2.24) is 0 Å². The van der Waals surface area contributed by atoms with E-state index >= 15 is 0 Å². The van der Waals surface area contributed by atoms with E-state index in [0.29, 0.717) is 0 Å². The molecule has 4 nitrogen and oxygen atoms in total. The summed E-state index contributed by atoms with van der Waals surface area (Å²) >= 11 is 0. The predicted molar refractivity (Wildman–Crippen MR) is 33.6 cm³/mol. The quantitative estimate of drug-likeness (QED) is 0.339. The number of carbonyl (C=O) groups is 1. The molecule has 0 unspecified atom stereocenters. The molecule has 0 fully saturated rings. The Hall–Kier alpha value is -0.870. The van der Waals surface area contributed by atoms with Crippen LogP contribution in [-0.2, 0) is 4.79 Å². The standard InChI is InChI=1S/C5H10N2O2/c1-3(5(8)9)2-4(6)7/h2,4H,6-7H2,1H3,(H,8,9)/b3-2+. The molecule has 0 rings (SSSR count). The molecule has 0 amide bonds. The Labute approximate surface area is 53.1 Å². The second kappa shape index (κ2) is 3.21. The Morgan fingerprint density at radius 3 is 2.22 bits per heavy atom. The van der Waals surface area contributed by atoms with Crippen LogP contribution in [0.1, 0.15) is 6.92 Å². The van der Waals surface area contributed by atoms with Gasteiger partial charge in [-0.1, -0.05) is 0 Å². The molecule has 0 aliphatic carbocycles. The van der Waals surface area contributed by atoms with E-state index in [4.69, 9.17) is 16.6 Å². The molecule has 0 saturated heterocycles. The maximum absolute atomic E-state index is 10.1. The monoisotopic (exact) mass is 130 g/mol. The second-order valence-corrected chi connectivity index (χ2v) is 1.73. The van der Waals surface area contributed by atoms with Gasteiger partial charge in [-0.3, -0.25) is 0 Å². The molecule has 0 aromatic carbocycles. The van der Waals surface area contributed by atoms with Crippen molar-refractivity contribution in [3.8, 4) is 0 Å². The number of carboxylic acids is 1. The first-order chi connectivity index (χ1) is 4.04. The highest BCUT2D eigenvalue weighted by Gasteiger charge is 1.99. The first-order valence-corrected chi connectivity index (χ1v) is 2.47. The molecule has 0 saturated carbocycles. The third-order valence-electron chi connectivity index (χ3n) is 0.780. The van der Waals surface area contributed by atoms with Gasteiger partial charge in [0, 0.05) is 5.57 Å². The summed E-state index contributed by atoms with van der Waals surface area (Å²) in [6.07, 6.45) is 0.601. The van der Waals surface area contributed by atoms with Crippen molar-refractivity contribution in [1.29, 1.82) is 0 Å². The summed E-state index contributed by atoms with van der Waals surface area (Å²) in [6.45, 7) is 1.44. The molecule has 0 aliphatic rings. The predicted octanol–water partition coefficient (Wildman–Crippen LogP) is -0.739. The van der Waals surface area contributed by atoms with Gasteiger partial charge in [-0.25, -0.2) is 4.79 Å². The number of hydrogen-bond acceptors (Lipinski definition) is 3. The van der Waals surface area contributed by atoms with Gasteiger partial charge < -0.3 is 16.6 Å². The summed E-state index contributed by atoms with van der Waals surface area (Å²) in [5.74, 6) is -0.990. The van der Waals surface area contributed by atoms with Gasteiger partial charge in [0.25, 0.3) is 0 Å². The zero-order chi connectivity index (χ0) is 7.44. The highest BCUT2D eigenvalue weighted by molar-refractivity contribution is 5.85. The van der Waals surface area contributed by atoms with Gasteiger partial charge in [0.05, 0.1) is 6.17 Å². The fourth-order valence-corrected chi connectivity index (χ4v) is 0.360. The van der Waals surface area contributed by atoms with Crippen LogP contribution >= 0.6 is 0 Å². The average molecular weight is 130 g/mol. The van der Waals surface area contributed by atoms with E-state index < -0.39 is 12.1 Å². The molecule has 0 radical (unpaired) electrons. The summed E-state index contributed by atoms with van der Waals surface area (Å²) in [6, 6.07) is 0. The van der Waals surface area contributed by atoms with Crippen molar-refractivity contribution in [3.05, 3.63) is 11.6 Å². The zero-order valence-electron chi connectivity index (χ0n) is 5.16. The van der Waals surface area contributed by atoms with Gasteiger partial charge in [0.15, 0.2) is 0 Å². The van der Waals surface area contributed by atoms with E-state index in [0.717, 1.165) is 0 Å². The lowest BCUT2D eigenvalue weighted by atomic mass is 10.3. The molecule has 0 heterocycles. The minimum atomic E-state index is -0.990. The molecule has 4 heteroatoms. The Morgan fingerprint density at radius 1 is 1.67 bits per heavy atom. The summed E-state index contributed by atoms with van der Waals surface area (Å²) in [5.41, 5.74) is 10.3. The van der Waals surface area contributed by atoms with Crippen LogP contribution in [0, 0.1) is 0 Å². The van der Waals surface area contributed by atoms with E-state index in [1.54, 1.807) is 0 Å². The first kappa shape index (κ1) is 8.13.